The van der Waals surface area contributed by atoms with Gasteiger partial charge in [0.15, 0.2) is 5.76 Å². The van der Waals surface area contributed by atoms with E-state index < -0.39 is 0 Å². The van der Waals surface area contributed by atoms with Crippen molar-refractivity contribution in [3.63, 3.8) is 0 Å². The van der Waals surface area contributed by atoms with Gasteiger partial charge in [0, 0.05) is 17.4 Å². The Morgan fingerprint density at radius 3 is 2.60 bits per heavy atom. The molecule has 3 aromatic carbocycles. The highest BCUT2D eigenvalue weighted by molar-refractivity contribution is 6.08. The fourth-order valence-corrected chi connectivity index (χ4v) is 2.95. The van der Waals surface area contributed by atoms with E-state index in [4.69, 9.17) is 9.26 Å². The number of carbonyl (C=O) groups is 1. The minimum atomic E-state index is -0.216. The molecule has 0 aliphatic carbocycles. The molecule has 0 saturated heterocycles. The van der Waals surface area contributed by atoms with Gasteiger partial charge in [-0.2, -0.15) is 0 Å². The van der Waals surface area contributed by atoms with Crippen LogP contribution in [0.1, 0.15) is 19.8 Å². The molecule has 0 atom stereocenters. The molecule has 0 aliphatic rings. The molecule has 0 unspecified atom stereocenters. The van der Waals surface area contributed by atoms with Gasteiger partial charge in [-0.3, -0.25) is 4.79 Å². The first-order valence-corrected chi connectivity index (χ1v) is 8.34. The lowest BCUT2D eigenvalue weighted by Gasteiger charge is -2.04. The largest absolute Gasteiger partial charge is 0.427 e. The van der Waals surface area contributed by atoms with Crippen LogP contribution in [0.4, 0.5) is 0 Å². The van der Waals surface area contributed by atoms with Crippen LogP contribution in [0.15, 0.2) is 65.2 Å². The fourth-order valence-electron chi connectivity index (χ4n) is 2.95. The van der Waals surface area contributed by atoms with Crippen LogP contribution in [0.5, 0.6) is 5.75 Å². The van der Waals surface area contributed by atoms with E-state index in [2.05, 4.69) is 17.3 Å². The Morgan fingerprint density at radius 1 is 1.00 bits per heavy atom. The fraction of sp³-hybridized carbons (Fsp3) is 0.143. The van der Waals surface area contributed by atoms with E-state index >= 15 is 0 Å². The van der Waals surface area contributed by atoms with Crippen LogP contribution in [0, 0.1) is 0 Å². The summed E-state index contributed by atoms with van der Waals surface area (Å²) in [5.74, 6) is 1.04. The third-order valence-corrected chi connectivity index (χ3v) is 4.18. The quantitative estimate of drug-likeness (QED) is 0.373. The molecule has 0 fully saturated rings. The molecular weight excluding hydrogens is 314 g/mol. The summed E-state index contributed by atoms with van der Waals surface area (Å²) in [6.07, 6.45) is 1.19. The second-order valence-electron chi connectivity index (χ2n) is 5.94. The van der Waals surface area contributed by atoms with Gasteiger partial charge in [0.05, 0.1) is 5.39 Å². The lowest BCUT2D eigenvalue weighted by atomic mass is 10.0. The number of carbonyl (C=O) groups excluding carboxylic acids is 1. The van der Waals surface area contributed by atoms with Crippen molar-refractivity contribution in [1.82, 2.24) is 5.16 Å². The van der Waals surface area contributed by atoms with E-state index in [1.807, 2.05) is 43.3 Å². The minimum Gasteiger partial charge on any atom is -0.427 e. The van der Waals surface area contributed by atoms with Crippen molar-refractivity contribution >= 4 is 27.6 Å². The predicted molar refractivity (Wildman–Crippen MR) is 97.5 cm³/mol. The highest BCUT2D eigenvalue weighted by Crippen LogP contribution is 2.33. The molecule has 0 bridgehead atoms. The maximum atomic E-state index is 11.6. The van der Waals surface area contributed by atoms with Crippen molar-refractivity contribution in [1.29, 1.82) is 0 Å². The van der Waals surface area contributed by atoms with Crippen LogP contribution in [0.25, 0.3) is 33.0 Å². The first-order chi connectivity index (χ1) is 12.3. The molecule has 4 nitrogen and oxygen atoms in total. The Hall–Kier alpha value is -3.14. The zero-order valence-electron chi connectivity index (χ0n) is 13.9. The van der Waals surface area contributed by atoms with E-state index in [0.29, 0.717) is 17.9 Å². The smallest absolute Gasteiger partial charge is 0.311 e. The van der Waals surface area contributed by atoms with Gasteiger partial charge >= 0.3 is 5.97 Å². The average Bonchev–Trinajstić information content (AvgIpc) is 3.07. The number of benzene rings is 3. The lowest BCUT2D eigenvalue weighted by Crippen LogP contribution is -2.06. The molecule has 0 radical (unpaired) electrons. The summed E-state index contributed by atoms with van der Waals surface area (Å²) in [5.41, 5.74) is 1.75. The van der Waals surface area contributed by atoms with Crippen LogP contribution < -0.4 is 4.74 Å². The molecule has 0 spiro atoms. The predicted octanol–water partition coefficient (Wildman–Crippen LogP) is 5.35. The molecule has 25 heavy (non-hydrogen) atoms. The summed E-state index contributed by atoms with van der Waals surface area (Å²) in [6, 6.07) is 19.5. The normalized spacial score (nSPS) is 11.1. The Labute approximate surface area is 145 Å². The Balaban J connectivity index is 1.70. The zero-order valence-corrected chi connectivity index (χ0v) is 13.9. The zero-order chi connectivity index (χ0) is 17.2. The van der Waals surface area contributed by atoms with E-state index in [0.717, 1.165) is 33.7 Å². The lowest BCUT2D eigenvalue weighted by molar-refractivity contribution is -0.134. The van der Waals surface area contributed by atoms with Crippen molar-refractivity contribution in [2.24, 2.45) is 0 Å². The van der Waals surface area contributed by atoms with Gasteiger partial charge in [-0.1, -0.05) is 42.4 Å². The highest BCUT2D eigenvalue weighted by atomic mass is 16.5. The van der Waals surface area contributed by atoms with Gasteiger partial charge in [-0.05, 0) is 42.1 Å². The standard InChI is InChI=1S/C21H17NO3/c1-2-5-19(23)24-16-11-8-15(9-12-16)21-18-13-10-14-6-3-4-7-17(14)20(18)22-25-21/h3-4,6-13H,2,5H2,1H3. The van der Waals surface area contributed by atoms with Gasteiger partial charge in [-0.15, -0.1) is 0 Å². The van der Waals surface area contributed by atoms with Crippen molar-refractivity contribution in [3.05, 3.63) is 60.7 Å². The molecule has 1 heterocycles. The summed E-state index contributed by atoms with van der Waals surface area (Å²) in [5, 5.41) is 7.43. The Bertz CT molecular complexity index is 1050. The van der Waals surface area contributed by atoms with E-state index in [-0.39, 0.29) is 5.97 Å². The number of hydrogen-bond donors (Lipinski definition) is 0. The molecule has 0 aliphatic heterocycles. The summed E-state index contributed by atoms with van der Waals surface area (Å²) >= 11 is 0. The number of hydrogen-bond acceptors (Lipinski definition) is 4. The van der Waals surface area contributed by atoms with Crippen LogP contribution in [0.2, 0.25) is 0 Å². The van der Waals surface area contributed by atoms with E-state index in [9.17, 15) is 4.79 Å². The Morgan fingerprint density at radius 2 is 1.80 bits per heavy atom. The van der Waals surface area contributed by atoms with Gasteiger partial charge in [0.25, 0.3) is 0 Å². The summed E-state index contributed by atoms with van der Waals surface area (Å²) in [4.78, 5) is 11.6. The molecule has 0 saturated carbocycles. The first-order valence-electron chi connectivity index (χ1n) is 8.34. The molecule has 0 N–H and O–H groups in total. The maximum absolute atomic E-state index is 11.6. The molecule has 4 heteroatoms. The first kappa shape index (κ1) is 15.4. The number of rotatable bonds is 4. The van der Waals surface area contributed by atoms with Crippen LogP contribution in [0.3, 0.4) is 0 Å². The molecule has 124 valence electrons. The van der Waals surface area contributed by atoms with Crippen LogP contribution in [-0.4, -0.2) is 11.1 Å². The molecular formula is C21H17NO3. The average molecular weight is 331 g/mol. The van der Waals surface area contributed by atoms with E-state index in [1.54, 1.807) is 12.1 Å². The van der Waals surface area contributed by atoms with E-state index in [1.165, 1.54) is 0 Å². The van der Waals surface area contributed by atoms with Gasteiger partial charge < -0.3 is 9.26 Å². The number of aromatic nitrogens is 1. The number of fused-ring (bicyclic) bond motifs is 3. The van der Waals surface area contributed by atoms with Crippen molar-refractivity contribution in [2.45, 2.75) is 19.8 Å². The summed E-state index contributed by atoms with van der Waals surface area (Å²) in [6.45, 7) is 1.95. The number of ether oxygens (including phenoxy) is 1. The second-order valence-corrected chi connectivity index (χ2v) is 5.94. The summed E-state index contributed by atoms with van der Waals surface area (Å²) in [7, 11) is 0. The number of nitrogens with zero attached hydrogens (tertiary/aromatic N) is 1. The van der Waals surface area contributed by atoms with Crippen molar-refractivity contribution in [3.8, 4) is 17.1 Å². The topological polar surface area (TPSA) is 52.3 Å². The van der Waals surface area contributed by atoms with Gasteiger partial charge in [-0.25, -0.2) is 0 Å². The van der Waals surface area contributed by atoms with Gasteiger partial charge in [0.1, 0.15) is 11.3 Å². The highest BCUT2D eigenvalue weighted by Gasteiger charge is 2.13. The molecule has 4 rings (SSSR count). The SMILES string of the molecule is CCCC(=O)Oc1ccc(-c2onc3c2ccc2ccccc23)cc1. The third kappa shape index (κ3) is 2.87. The molecule has 0 amide bonds. The molecule has 1 aromatic heterocycles. The maximum Gasteiger partial charge on any atom is 0.311 e. The van der Waals surface area contributed by atoms with Gasteiger partial charge in [0.2, 0.25) is 0 Å². The Kier molecular flexibility index (Phi) is 3.94. The van der Waals surface area contributed by atoms with Crippen molar-refractivity contribution in [2.75, 3.05) is 0 Å². The third-order valence-electron chi connectivity index (χ3n) is 4.18. The van der Waals surface area contributed by atoms with Crippen LogP contribution in [-0.2, 0) is 4.79 Å². The molecule has 4 aromatic rings. The van der Waals surface area contributed by atoms with Crippen LogP contribution >= 0.6 is 0 Å². The number of esters is 1. The second kappa shape index (κ2) is 6.40. The summed E-state index contributed by atoms with van der Waals surface area (Å²) < 4.78 is 10.9. The minimum absolute atomic E-state index is 0.216. The monoisotopic (exact) mass is 331 g/mol. The van der Waals surface area contributed by atoms with Crippen molar-refractivity contribution < 1.29 is 14.1 Å².